The van der Waals surface area contributed by atoms with Crippen LogP contribution in [-0.4, -0.2) is 65.1 Å². The number of carbonyl (C=O) groups excluding carboxylic acids is 1. The molecule has 2 rings (SSSR count). The molecule has 1 aliphatic carbocycles. The molecule has 10 heteroatoms. The van der Waals surface area contributed by atoms with E-state index in [-0.39, 0.29) is 51.4 Å². The molecule has 1 heterocycles. The van der Waals surface area contributed by atoms with Crippen molar-refractivity contribution in [2.45, 2.75) is 221 Å². The first-order valence-electron chi connectivity index (χ1n) is 22.4. The first kappa shape index (κ1) is 52.4. The fourth-order valence-electron chi connectivity index (χ4n) is 7.30. The van der Waals surface area contributed by atoms with E-state index in [0.717, 1.165) is 37.8 Å². The molecule has 1 saturated carbocycles. The van der Waals surface area contributed by atoms with Gasteiger partial charge in [0.25, 0.3) is 0 Å². The summed E-state index contributed by atoms with van der Waals surface area (Å²) in [4.78, 5) is 32.2. The minimum atomic E-state index is -2.37. The Balaban J connectivity index is 2.41. The molecule has 0 radical (unpaired) electrons. The monoisotopic (exact) mass is 858 g/mol. The maximum Gasteiger partial charge on any atom is 0.305 e. The number of aliphatic carboxylic acids is 1. The summed E-state index contributed by atoms with van der Waals surface area (Å²) in [5, 5.41) is 10.1. The maximum atomic E-state index is 15.2. The topological polar surface area (TPSA) is 95.0 Å². The summed E-state index contributed by atoms with van der Waals surface area (Å²) < 4.78 is 21.3. The zero-order valence-electron chi connectivity index (χ0n) is 40.7. The Hall–Kier alpha value is -1.70. The van der Waals surface area contributed by atoms with E-state index in [1.807, 2.05) is 24.4 Å². The van der Waals surface area contributed by atoms with E-state index < -0.39 is 42.4 Å². The van der Waals surface area contributed by atoms with Crippen molar-refractivity contribution in [3.8, 4) is 0 Å². The summed E-state index contributed by atoms with van der Waals surface area (Å²) in [6.07, 6.45) is 11.9. The largest absolute Gasteiger partial charge is 0.481 e. The van der Waals surface area contributed by atoms with Crippen LogP contribution in [0.5, 0.6) is 0 Å². The summed E-state index contributed by atoms with van der Waals surface area (Å²) in [5.74, 6) is -0.924. The van der Waals surface area contributed by atoms with Crippen molar-refractivity contribution >= 4 is 42.8 Å². The Labute approximate surface area is 359 Å². The summed E-state index contributed by atoms with van der Waals surface area (Å²) in [6, 6.07) is 6.00. The fraction of sp³-hybridized carbons (Fsp3) is 0.771. The highest BCUT2D eigenvalue weighted by Crippen LogP contribution is 2.53. The second-order valence-corrected chi connectivity index (χ2v) is 36.6. The van der Waals surface area contributed by atoms with Crippen LogP contribution < -0.4 is 0 Å². The molecule has 0 spiro atoms. The van der Waals surface area contributed by atoms with Crippen LogP contribution in [0.25, 0.3) is 6.08 Å². The number of pyridine rings is 1. The number of rotatable bonds is 22. The summed E-state index contributed by atoms with van der Waals surface area (Å²) >= 11 is 0. The van der Waals surface area contributed by atoms with Gasteiger partial charge < -0.3 is 18.4 Å². The molecule has 1 aromatic rings. The molecule has 0 aromatic carbocycles. The van der Waals surface area contributed by atoms with Gasteiger partial charge in [-0.1, -0.05) is 100 Å². The molecule has 5 atom stereocenters. The Morgan fingerprint density at radius 3 is 1.84 bits per heavy atom. The lowest BCUT2D eigenvalue weighted by atomic mass is 9.58. The van der Waals surface area contributed by atoms with Gasteiger partial charge in [0.05, 0.1) is 35.8 Å². The third-order valence-corrected chi connectivity index (χ3v) is 28.1. The summed E-state index contributed by atoms with van der Waals surface area (Å²) in [7, 11) is -6.70. The number of ketones is 1. The van der Waals surface area contributed by atoms with Crippen molar-refractivity contribution < 1.29 is 28.0 Å². The lowest BCUT2D eigenvalue weighted by molar-refractivity contribution is -0.156. The molecular weight excluding hydrogens is 771 g/mol. The van der Waals surface area contributed by atoms with Crippen molar-refractivity contribution in [2.24, 2.45) is 17.3 Å². The number of aromatic nitrogens is 1. The SMILES string of the molecule is CC[C@@H](C(=O)C1([C@H](CC(=O)O)O[Si](C)(C)C(C)(C)C)CCC1)[C@@H](O[Si](C)(C)C(C)(C)C)[C@@H](C)CCC/C(C)=C/C[C@H](O[Si](C)(C)C(C)(C)C)/C(C)=C/c1ccccn1. The van der Waals surface area contributed by atoms with Gasteiger partial charge in [0.15, 0.2) is 25.0 Å². The van der Waals surface area contributed by atoms with Crippen molar-refractivity contribution in [3.05, 3.63) is 47.3 Å². The van der Waals surface area contributed by atoms with Crippen molar-refractivity contribution in [3.63, 3.8) is 0 Å². The van der Waals surface area contributed by atoms with E-state index in [9.17, 15) is 9.90 Å². The van der Waals surface area contributed by atoms with Gasteiger partial charge in [0.1, 0.15) is 5.78 Å². The number of nitrogens with zero attached hydrogens (tertiary/aromatic N) is 1. The number of hydrogen-bond donors (Lipinski definition) is 1. The Kier molecular flexibility index (Phi) is 18.5. The molecule has 0 unspecified atom stereocenters. The van der Waals surface area contributed by atoms with Gasteiger partial charge in [0.2, 0.25) is 0 Å². The minimum absolute atomic E-state index is 0.0246. The lowest BCUT2D eigenvalue weighted by Gasteiger charge is -2.52. The van der Waals surface area contributed by atoms with Crippen LogP contribution >= 0.6 is 0 Å². The van der Waals surface area contributed by atoms with Gasteiger partial charge in [-0.25, -0.2) is 0 Å². The van der Waals surface area contributed by atoms with Crippen LogP contribution in [0.3, 0.4) is 0 Å². The molecular formula is C48H87NO6Si3. The highest BCUT2D eigenvalue weighted by atomic mass is 28.4. The first-order valence-corrected chi connectivity index (χ1v) is 31.1. The maximum absolute atomic E-state index is 15.2. The average Bonchev–Trinajstić information content (AvgIpc) is 3.04. The molecule has 0 bridgehead atoms. The van der Waals surface area contributed by atoms with E-state index in [0.29, 0.717) is 19.3 Å². The fourth-order valence-corrected chi connectivity index (χ4v) is 11.4. The van der Waals surface area contributed by atoms with Crippen molar-refractivity contribution in [1.29, 1.82) is 0 Å². The van der Waals surface area contributed by atoms with Gasteiger partial charge in [-0.15, -0.1) is 0 Å². The van der Waals surface area contributed by atoms with E-state index in [1.165, 1.54) is 11.1 Å². The molecule has 0 saturated heterocycles. The molecule has 0 aliphatic heterocycles. The predicted octanol–water partition coefficient (Wildman–Crippen LogP) is 14.0. The number of carboxylic acids is 1. The quantitative estimate of drug-likeness (QED) is 0.0916. The molecule has 1 N–H and O–H groups in total. The number of hydrogen-bond acceptors (Lipinski definition) is 6. The van der Waals surface area contributed by atoms with Crippen molar-refractivity contribution in [2.75, 3.05) is 0 Å². The van der Waals surface area contributed by atoms with Crippen molar-refractivity contribution in [1.82, 2.24) is 4.98 Å². The van der Waals surface area contributed by atoms with Gasteiger partial charge in [-0.3, -0.25) is 14.6 Å². The number of carbonyl (C=O) groups is 2. The summed E-state index contributed by atoms with van der Waals surface area (Å²) in [5.41, 5.74) is 2.68. The first-order chi connectivity index (χ1) is 26.3. The van der Waals surface area contributed by atoms with E-state index in [2.05, 4.69) is 146 Å². The molecule has 332 valence electrons. The highest BCUT2D eigenvalue weighted by Gasteiger charge is 2.57. The smallest absolute Gasteiger partial charge is 0.305 e. The van der Waals surface area contributed by atoms with Gasteiger partial charge in [-0.05, 0) is 143 Å². The van der Waals surface area contributed by atoms with Crippen LogP contribution in [0.1, 0.15) is 153 Å². The number of carboxylic acid groups (broad SMARTS) is 1. The average molecular weight is 858 g/mol. The van der Waals surface area contributed by atoms with Crippen LogP contribution in [-0.2, 0) is 22.9 Å². The van der Waals surface area contributed by atoms with E-state index in [4.69, 9.17) is 13.3 Å². The third kappa shape index (κ3) is 13.9. The number of allylic oxidation sites excluding steroid dienone is 1. The zero-order chi connectivity index (χ0) is 44.7. The molecule has 0 amide bonds. The normalized spacial score (nSPS) is 18.9. The van der Waals surface area contributed by atoms with Gasteiger partial charge in [0, 0.05) is 12.1 Å². The van der Waals surface area contributed by atoms with Crippen LogP contribution in [0.2, 0.25) is 54.4 Å². The van der Waals surface area contributed by atoms with E-state index in [1.54, 1.807) is 0 Å². The predicted molar refractivity (Wildman–Crippen MR) is 253 cm³/mol. The van der Waals surface area contributed by atoms with Crippen LogP contribution in [0.4, 0.5) is 0 Å². The van der Waals surface area contributed by atoms with Crippen LogP contribution in [0, 0.1) is 17.3 Å². The lowest BCUT2D eigenvalue weighted by Crippen LogP contribution is -2.59. The molecule has 58 heavy (non-hydrogen) atoms. The molecule has 7 nitrogen and oxygen atoms in total. The zero-order valence-corrected chi connectivity index (χ0v) is 43.7. The Bertz CT molecular complexity index is 1540. The second kappa shape index (κ2) is 20.4. The number of Topliss-reactive ketones (excluding diaryl/α,β-unsaturated/α-hetero) is 1. The van der Waals surface area contributed by atoms with Gasteiger partial charge in [-0.2, -0.15) is 0 Å². The second-order valence-electron chi connectivity index (χ2n) is 22.4. The highest BCUT2D eigenvalue weighted by molar-refractivity contribution is 6.75. The Morgan fingerprint density at radius 2 is 1.40 bits per heavy atom. The Morgan fingerprint density at radius 1 is 0.862 bits per heavy atom. The molecule has 1 fully saturated rings. The minimum Gasteiger partial charge on any atom is -0.481 e. The standard InChI is InChI=1S/C48H87NO6Si3/c1-20-39(44(52)48(30-24-31-48)41(34-42(50)51)54-57(16,17)46(8,9)10)43(55-58(18,19)47(11,12)13)36(3)26-23-25-35(2)28-29-40(53-56(14,15)45(5,6)7)37(4)33-38-27-21-22-32-49-38/h21-22,27-28,32-33,36,39-41,43H,20,23-26,29-31,34H2,1-19H3,(H,50,51)/b35-28+,37-33+/t36-,39+,40-,41-,43-/m0/s1. The van der Waals surface area contributed by atoms with E-state index >= 15 is 4.79 Å². The van der Waals surface area contributed by atoms with Gasteiger partial charge >= 0.3 is 5.97 Å². The molecule has 1 aliphatic rings. The summed E-state index contributed by atoms with van der Waals surface area (Å²) in [6.45, 7) is 42.5. The molecule has 1 aromatic heterocycles. The van der Waals surface area contributed by atoms with Crippen LogP contribution in [0.15, 0.2) is 41.6 Å². The third-order valence-electron chi connectivity index (χ3n) is 14.7.